The topological polar surface area (TPSA) is 89.9 Å². The van der Waals surface area contributed by atoms with Crippen LogP contribution in [-0.4, -0.2) is 22.8 Å². The van der Waals surface area contributed by atoms with Gasteiger partial charge in [0.25, 0.3) is 0 Å². The lowest BCUT2D eigenvalue weighted by molar-refractivity contribution is 0.0470. The van der Waals surface area contributed by atoms with Gasteiger partial charge in [-0.1, -0.05) is 72.3 Å². The molecule has 0 amide bonds. The molecule has 4 rings (SSSR count). The summed E-state index contributed by atoms with van der Waals surface area (Å²) in [6.45, 7) is 1.86. The molecule has 0 unspecified atom stereocenters. The van der Waals surface area contributed by atoms with Gasteiger partial charge in [-0.05, 0) is 48.4 Å². The zero-order valence-electron chi connectivity index (χ0n) is 19.6. The maximum Gasteiger partial charge on any atom is 0.338 e. The molecule has 0 aliphatic rings. The summed E-state index contributed by atoms with van der Waals surface area (Å²) >= 11 is 0. The number of carbonyl (C=O) groups is 3. The van der Waals surface area contributed by atoms with E-state index in [9.17, 15) is 19.5 Å². The summed E-state index contributed by atoms with van der Waals surface area (Å²) in [5, 5.41) is 10.2. The molecule has 6 heteroatoms. The number of benzene rings is 4. The molecule has 0 spiro atoms. The Morgan fingerprint density at radius 2 is 1.11 bits per heavy atom. The van der Waals surface area contributed by atoms with Gasteiger partial charge in [0, 0.05) is 5.56 Å². The molecule has 0 saturated carbocycles. The van der Waals surface area contributed by atoms with Crippen molar-refractivity contribution in [3.8, 4) is 5.75 Å². The highest BCUT2D eigenvalue weighted by Crippen LogP contribution is 2.24. The van der Waals surface area contributed by atoms with Gasteiger partial charge in [0.15, 0.2) is 5.78 Å². The van der Waals surface area contributed by atoms with Gasteiger partial charge < -0.3 is 14.6 Å². The van der Waals surface area contributed by atoms with Crippen molar-refractivity contribution in [1.29, 1.82) is 0 Å². The molecule has 4 aromatic carbocycles. The first-order valence-corrected chi connectivity index (χ1v) is 11.3. The fraction of sp³-hybridized carbons (Fsp3) is 0.100. The number of esters is 2. The number of phenols is 1. The first-order chi connectivity index (χ1) is 17.4. The van der Waals surface area contributed by atoms with Crippen LogP contribution in [0.15, 0.2) is 97.1 Å². The summed E-state index contributed by atoms with van der Waals surface area (Å²) < 4.78 is 10.8. The second kappa shape index (κ2) is 11.1. The van der Waals surface area contributed by atoms with Crippen molar-refractivity contribution in [3.63, 3.8) is 0 Å². The maximum absolute atomic E-state index is 13.3. The summed E-state index contributed by atoms with van der Waals surface area (Å²) in [7, 11) is 0. The molecule has 36 heavy (non-hydrogen) atoms. The lowest BCUT2D eigenvalue weighted by Crippen LogP contribution is -2.13. The third kappa shape index (κ3) is 6.04. The van der Waals surface area contributed by atoms with E-state index in [-0.39, 0.29) is 41.2 Å². The molecular formula is C30H24O6. The number of aromatic hydroxyl groups is 1. The Morgan fingerprint density at radius 1 is 0.639 bits per heavy atom. The smallest absolute Gasteiger partial charge is 0.338 e. The minimum absolute atomic E-state index is 0.0237. The lowest BCUT2D eigenvalue weighted by Gasteiger charge is -2.11. The predicted molar refractivity (Wildman–Crippen MR) is 134 cm³/mol. The first kappa shape index (κ1) is 24.4. The van der Waals surface area contributed by atoms with Crippen molar-refractivity contribution in [3.05, 3.63) is 136 Å². The van der Waals surface area contributed by atoms with Crippen LogP contribution in [0.1, 0.15) is 53.3 Å². The van der Waals surface area contributed by atoms with Crippen LogP contribution < -0.4 is 0 Å². The van der Waals surface area contributed by atoms with Gasteiger partial charge in [0.2, 0.25) is 0 Å². The van der Waals surface area contributed by atoms with E-state index in [1.54, 1.807) is 19.1 Å². The van der Waals surface area contributed by atoms with Crippen molar-refractivity contribution >= 4 is 17.7 Å². The fourth-order valence-electron chi connectivity index (χ4n) is 3.59. The van der Waals surface area contributed by atoms with Gasteiger partial charge in [-0.15, -0.1) is 0 Å². The zero-order valence-corrected chi connectivity index (χ0v) is 19.6. The number of rotatable bonds is 8. The van der Waals surface area contributed by atoms with Crippen LogP contribution in [0.2, 0.25) is 0 Å². The van der Waals surface area contributed by atoms with Crippen LogP contribution in [0.5, 0.6) is 5.75 Å². The highest BCUT2D eigenvalue weighted by Gasteiger charge is 2.21. The molecule has 0 aliphatic heterocycles. The molecule has 0 atom stereocenters. The van der Waals surface area contributed by atoms with Crippen LogP contribution >= 0.6 is 0 Å². The monoisotopic (exact) mass is 480 g/mol. The highest BCUT2D eigenvalue weighted by molar-refractivity contribution is 6.12. The Balaban J connectivity index is 1.64. The molecule has 0 aromatic heterocycles. The number of phenolic OH excluding ortho intramolecular Hbond substituents is 1. The minimum atomic E-state index is -0.695. The van der Waals surface area contributed by atoms with E-state index >= 15 is 0 Å². The fourth-order valence-corrected chi connectivity index (χ4v) is 3.59. The zero-order chi connectivity index (χ0) is 25.5. The molecule has 0 radical (unpaired) electrons. The number of ketones is 1. The van der Waals surface area contributed by atoms with Crippen LogP contribution in [0.25, 0.3) is 0 Å². The molecule has 0 saturated heterocycles. The standard InChI is InChI=1S/C30H24O6/c1-20-12-13-27(31)26(14-20)28(32)23-15-24(29(33)35-18-21-8-4-2-5-9-21)17-25(16-23)30(34)36-19-22-10-6-3-7-11-22/h2-17,31H,18-19H2,1H3. The summed E-state index contributed by atoms with van der Waals surface area (Å²) in [4.78, 5) is 39.0. The molecule has 1 N–H and O–H groups in total. The van der Waals surface area contributed by atoms with E-state index in [2.05, 4.69) is 0 Å². The Hall–Kier alpha value is -4.71. The minimum Gasteiger partial charge on any atom is -0.507 e. The Labute approximate surface area is 208 Å². The van der Waals surface area contributed by atoms with Crippen molar-refractivity contribution in [2.75, 3.05) is 0 Å². The molecule has 0 aliphatic carbocycles. The average Bonchev–Trinajstić information content (AvgIpc) is 2.92. The second-order valence-corrected chi connectivity index (χ2v) is 8.27. The van der Waals surface area contributed by atoms with Crippen LogP contribution in [0, 0.1) is 6.92 Å². The quantitative estimate of drug-likeness (QED) is 0.259. The van der Waals surface area contributed by atoms with Gasteiger partial charge >= 0.3 is 11.9 Å². The summed E-state index contributed by atoms with van der Waals surface area (Å²) in [5.74, 6) is -2.12. The van der Waals surface area contributed by atoms with Gasteiger partial charge in [0.1, 0.15) is 19.0 Å². The van der Waals surface area contributed by atoms with E-state index in [0.717, 1.165) is 16.7 Å². The highest BCUT2D eigenvalue weighted by atomic mass is 16.5. The number of aryl methyl sites for hydroxylation is 1. The van der Waals surface area contributed by atoms with Crippen LogP contribution in [0.3, 0.4) is 0 Å². The molecular weight excluding hydrogens is 456 g/mol. The molecule has 0 heterocycles. The van der Waals surface area contributed by atoms with Crippen molar-refractivity contribution in [1.82, 2.24) is 0 Å². The van der Waals surface area contributed by atoms with Crippen molar-refractivity contribution in [2.45, 2.75) is 20.1 Å². The third-order valence-corrected chi connectivity index (χ3v) is 5.49. The van der Waals surface area contributed by atoms with E-state index < -0.39 is 17.7 Å². The first-order valence-electron chi connectivity index (χ1n) is 11.3. The Bertz CT molecular complexity index is 1320. The van der Waals surface area contributed by atoms with Crippen molar-refractivity contribution < 1.29 is 29.0 Å². The lowest BCUT2D eigenvalue weighted by atomic mass is 9.97. The van der Waals surface area contributed by atoms with E-state index in [4.69, 9.17) is 9.47 Å². The van der Waals surface area contributed by atoms with Gasteiger partial charge in [0.05, 0.1) is 16.7 Å². The largest absolute Gasteiger partial charge is 0.507 e. The van der Waals surface area contributed by atoms with Crippen molar-refractivity contribution in [2.24, 2.45) is 0 Å². The number of hydrogen-bond donors (Lipinski definition) is 1. The van der Waals surface area contributed by atoms with Gasteiger partial charge in [-0.2, -0.15) is 0 Å². The predicted octanol–water partition coefficient (Wildman–Crippen LogP) is 5.65. The molecule has 6 nitrogen and oxygen atoms in total. The Morgan fingerprint density at radius 3 is 1.61 bits per heavy atom. The van der Waals surface area contributed by atoms with E-state index in [0.29, 0.717) is 0 Å². The summed E-state index contributed by atoms with van der Waals surface area (Å²) in [6.07, 6.45) is 0. The number of ether oxygens (including phenoxy) is 2. The number of carbonyl (C=O) groups excluding carboxylic acids is 3. The second-order valence-electron chi connectivity index (χ2n) is 8.27. The molecule has 4 aromatic rings. The van der Waals surface area contributed by atoms with E-state index in [1.165, 1.54) is 24.3 Å². The number of hydrogen-bond acceptors (Lipinski definition) is 6. The summed E-state index contributed by atoms with van der Waals surface area (Å²) in [6, 6.07) is 27.0. The maximum atomic E-state index is 13.3. The molecule has 0 fully saturated rings. The van der Waals surface area contributed by atoms with Crippen LogP contribution in [-0.2, 0) is 22.7 Å². The molecule has 180 valence electrons. The summed E-state index contributed by atoms with van der Waals surface area (Å²) in [5.41, 5.74) is 2.53. The van der Waals surface area contributed by atoms with Gasteiger partial charge in [-0.3, -0.25) is 4.79 Å². The van der Waals surface area contributed by atoms with E-state index in [1.807, 2.05) is 60.7 Å². The van der Waals surface area contributed by atoms with Gasteiger partial charge in [-0.25, -0.2) is 9.59 Å². The average molecular weight is 481 g/mol. The third-order valence-electron chi connectivity index (χ3n) is 5.49. The normalized spacial score (nSPS) is 10.5. The van der Waals surface area contributed by atoms with Crippen LogP contribution in [0.4, 0.5) is 0 Å². The SMILES string of the molecule is Cc1ccc(O)c(C(=O)c2cc(C(=O)OCc3ccccc3)cc(C(=O)OCc3ccccc3)c2)c1. The molecule has 0 bridgehead atoms. The Kier molecular flexibility index (Phi) is 7.56.